The van der Waals surface area contributed by atoms with Crippen LogP contribution in [0.3, 0.4) is 0 Å². The molecular formula is C15H27N3O. The molecule has 0 aromatic rings. The molecule has 1 spiro atoms. The zero-order valence-corrected chi connectivity index (χ0v) is 12.1. The highest BCUT2D eigenvalue weighted by Gasteiger charge is 2.39. The lowest BCUT2D eigenvalue weighted by atomic mass is 9.74. The average Bonchev–Trinajstić information content (AvgIpc) is 3.23. The van der Waals surface area contributed by atoms with Gasteiger partial charge in [-0.05, 0) is 64.0 Å². The molecule has 1 saturated carbocycles. The van der Waals surface area contributed by atoms with Gasteiger partial charge in [0.05, 0.1) is 6.04 Å². The Labute approximate surface area is 116 Å². The smallest absolute Gasteiger partial charge is 0.237 e. The molecule has 4 nitrogen and oxygen atoms in total. The van der Waals surface area contributed by atoms with E-state index in [0.717, 1.165) is 19.6 Å². The highest BCUT2D eigenvalue weighted by molar-refractivity contribution is 5.81. The second kappa shape index (κ2) is 5.41. The second-order valence-electron chi connectivity index (χ2n) is 6.81. The van der Waals surface area contributed by atoms with Crippen molar-refractivity contribution in [3.8, 4) is 0 Å². The maximum atomic E-state index is 12.2. The molecule has 1 amide bonds. The molecule has 2 atom stereocenters. The zero-order chi connectivity index (χ0) is 13.3. The predicted octanol–water partition coefficient (Wildman–Crippen LogP) is 1.12. The molecule has 1 aliphatic carbocycles. The predicted molar refractivity (Wildman–Crippen MR) is 76.0 cm³/mol. The molecule has 2 heterocycles. The third-order valence-corrected chi connectivity index (χ3v) is 5.10. The van der Waals surface area contributed by atoms with Gasteiger partial charge in [-0.2, -0.15) is 0 Å². The summed E-state index contributed by atoms with van der Waals surface area (Å²) in [6, 6.07) is 0.518. The number of nitrogens with zero attached hydrogens (tertiary/aromatic N) is 1. The standard InChI is InChI=1S/C15H27N3O/c1-12(14(19)17-13-4-5-13)18-9-3-7-15(11-18)6-2-8-16-10-15/h12-13,16H,2-11H2,1H3,(H,17,19). The van der Waals surface area contributed by atoms with E-state index in [1.54, 1.807) is 0 Å². The molecule has 3 rings (SSSR count). The quantitative estimate of drug-likeness (QED) is 0.804. The summed E-state index contributed by atoms with van der Waals surface area (Å²) >= 11 is 0. The van der Waals surface area contributed by atoms with Crippen LogP contribution in [0, 0.1) is 5.41 Å². The Kier molecular flexibility index (Phi) is 3.81. The molecule has 0 radical (unpaired) electrons. The molecule has 4 heteroatoms. The molecule has 2 saturated heterocycles. The number of piperidine rings is 2. The SMILES string of the molecule is CC(C(=O)NC1CC1)N1CCCC2(CCCNC2)C1. The van der Waals surface area contributed by atoms with E-state index < -0.39 is 0 Å². The lowest BCUT2D eigenvalue weighted by Crippen LogP contribution is -2.56. The van der Waals surface area contributed by atoms with Crippen LogP contribution in [-0.4, -0.2) is 49.1 Å². The Bertz CT molecular complexity index is 329. The van der Waals surface area contributed by atoms with Gasteiger partial charge in [-0.25, -0.2) is 0 Å². The number of carbonyl (C=O) groups excluding carboxylic acids is 1. The molecule has 0 aromatic carbocycles. The Morgan fingerprint density at radius 2 is 2.16 bits per heavy atom. The summed E-state index contributed by atoms with van der Waals surface area (Å²) in [5.41, 5.74) is 0.435. The van der Waals surface area contributed by atoms with Crippen LogP contribution in [0.1, 0.15) is 45.4 Å². The van der Waals surface area contributed by atoms with E-state index in [2.05, 4.69) is 22.5 Å². The van der Waals surface area contributed by atoms with Crippen molar-refractivity contribution in [1.82, 2.24) is 15.5 Å². The van der Waals surface area contributed by atoms with Crippen LogP contribution in [-0.2, 0) is 4.79 Å². The van der Waals surface area contributed by atoms with Crippen LogP contribution in [0.5, 0.6) is 0 Å². The number of hydrogen-bond donors (Lipinski definition) is 2. The number of nitrogens with one attached hydrogen (secondary N) is 2. The van der Waals surface area contributed by atoms with Crippen molar-refractivity contribution in [1.29, 1.82) is 0 Å². The summed E-state index contributed by atoms with van der Waals surface area (Å²) < 4.78 is 0. The summed E-state index contributed by atoms with van der Waals surface area (Å²) in [4.78, 5) is 14.6. The van der Waals surface area contributed by atoms with Crippen molar-refractivity contribution >= 4 is 5.91 Å². The minimum atomic E-state index is 0.0414. The highest BCUT2D eigenvalue weighted by atomic mass is 16.2. The van der Waals surface area contributed by atoms with Crippen LogP contribution in [0.15, 0.2) is 0 Å². The van der Waals surface area contributed by atoms with Gasteiger partial charge in [-0.3, -0.25) is 9.69 Å². The first-order valence-electron chi connectivity index (χ1n) is 7.94. The fourth-order valence-electron chi connectivity index (χ4n) is 3.67. The Hall–Kier alpha value is -0.610. The van der Waals surface area contributed by atoms with Crippen LogP contribution in [0.25, 0.3) is 0 Å². The maximum absolute atomic E-state index is 12.2. The van der Waals surface area contributed by atoms with Crippen molar-refractivity contribution in [2.75, 3.05) is 26.2 Å². The van der Waals surface area contributed by atoms with Gasteiger partial charge < -0.3 is 10.6 Å². The maximum Gasteiger partial charge on any atom is 0.237 e. The van der Waals surface area contributed by atoms with Crippen LogP contribution in [0.4, 0.5) is 0 Å². The van der Waals surface area contributed by atoms with Gasteiger partial charge in [0.2, 0.25) is 5.91 Å². The number of likely N-dealkylation sites (tertiary alicyclic amines) is 1. The third kappa shape index (κ3) is 3.11. The number of carbonyl (C=O) groups is 1. The van der Waals surface area contributed by atoms with Gasteiger partial charge >= 0.3 is 0 Å². The van der Waals surface area contributed by atoms with E-state index in [4.69, 9.17) is 0 Å². The first-order chi connectivity index (χ1) is 9.19. The zero-order valence-electron chi connectivity index (χ0n) is 12.1. The molecule has 3 fully saturated rings. The van der Waals surface area contributed by atoms with Crippen molar-refractivity contribution in [3.05, 3.63) is 0 Å². The number of amides is 1. The normalized spacial score (nSPS) is 34.2. The van der Waals surface area contributed by atoms with Gasteiger partial charge in [-0.15, -0.1) is 0 Å². The lowest BCUT2D eigenvalue weighted by molar-refractivity contribution is -0.127. The van der Waals surface area contributed by atoms with Crippen molar-refractivity contribution in [2.45, 2.75) is 57.5 Å². The Morgan fingerprint density at radius 1 is 1.37 bits per heavy atom. The Balaban J connectivity index is 1.58. The average molecular weight is 265 g/mol. The monoisotopic (exact) mass is 265 g/mol. The van der Waals surface area contributed by atoms with Gasteiger partial charge in [-0.1, -0.05) is 0 Å². The second-order valence-corrected chi connectivity index (χ2v) is 6.81. The van der Waals surface area contributed by atoms with E-state index >= 15 is 0 Å². The fraction of sp³-hybridized carbons (Fsp3) is 0.933. The van der Waals surface area contributed by atoms with E-state index in [0.29, 0.717) is 11.5 Å². The first kappa shape index (κ1) is 13.4. The van der Waals surface area contributed by atoms with Crippen LogP contribution in [0.2, 0.25) is 0 Å². The topological polar surface area (TPSA) is 44.4 Å². The third-order valence-electron chi connectivity index (χ3n) is 5.10. The van der Waals surface area contributed by atoms with E-state index in [9.17, 15) is 4.79 Å². The summed E-state index contributed by atoms with van der Waals surface area (Å²) in [5.74, 6) is 0.239. The van der Waals surface area contributed by atoms with Crippen LogP contribution >= 0.6 is 0 Å². The molecule has 2 aliphatic heterocycles. The summed E-state index contributed by atoms with van der Waals surface area (Å²) in [6.07, 6.45) is 7.53. The largest absolute Gasteiger partial charge is 0.352 e. The molecule has 2 unspecified atom stereocenters. The lowest BCUT2D eigenvalue weighted by Gasteiger charge is -2.47. The minimum absolute atomic E-state index is 0.0414. The molecule has 2 N–H and O–H groups in total. The molecule has 3 aliphatic rings. The van der Waals surface area contributed by atoms with Crippen molar-refractivity contribution in [3.63, 3.8) is 0 Å². The van der Waals surface area contributed by atoms with Crippen molar-refractivity contribution < 1.29 is 4.79 Å². The minimum Gasteiger partial charge on any atom is -0.352 e. The summed E-state index contributed by atoms with van der Waals surface area (Å²) in [6.45, 7) is 6.56. The van der Waals surface area contributed by atoms with Gasteiger partial charge in [0.1, 0.15) is 0 Å². The van der Waals surface area contributed by atoms with E-state index in [1.807, 2.05) is 0 Å². The highest BCUT2D eigenvalue weighted by Crippen LogP contribution is 2.36. The first-order valence-corrected chi connectivity index (χ1v) is 7.94. The number of rotatable bonds is 3. The van der Waals surface area contributed by atoms with E-state index in [-0.39, 0.29) is 11.9 Å². The number of hydrogen-bond acceptors (Lipinski definition) is 3. The molecule has 19 heavy (non-hydrogen) atoms. The van der Waals surface area contributed by atoms with E-state index in [1.165, 1.54) is 45.1 Å². The molecule has 108 valence electrons. The molecule has 0 bridgehead atoms. The van der Waals surface area contributed by atoms with Gasteiger partial charge in [0.15, 0.2) is 0 Å². The fourth-order valence-corrected chi connectivity index (χ4v) is 3.67. The van der Waals surface area contributed by atoms with Gasteiger partial charge in [0, 0.05) is 19.1 Å². The summed E-state index contributed by atoms with van der Waals surface area (Å²) in [5, 5.41) is 6.70. The molecular weight excluding hydrogens is 238 g/mol. The summed E-state index contributed by atoms with van der Waals surface area (Å²) in [7, 11) is 0. The van der Waals surface area contributed by atoms with Gasteiger partial charge in [0.25, 0.3) is 0 Å². The Morgan fingerprint density at radius 3 is 2.84 bits per heavy atom. The van der Waals surface area contributed by atoms with Crippen LogP contribution < -0.4 is 10.6 Å². The van der Waals surface area contributed by atoms with Crippen molar-refractivity contribution in [2.24, 2.45) is 5.41 Å². The molecule has 0 aromatic heterocycles.